The van der Waals surface area contributed by atoms with E-state index >= 15 is 0 Å². The van der Waals surface area contributed by atoms with Crippen LogP contribution in [0.2, 0.25) is 0 Å². The zero-order valence-electron chi connectivity index (χ0n) is 12.2. The average molecular weight is 275 g/mol. The second kappa shape index (κ2) is 9.66. The van der Waals surface area contributed by atoms with Crippen molar-refractivity contribution in [2.45, 2.75) is 52.1 Å². The molecule has 0 spiro atoms. The van der Waals surface area contributed by atoms with Gasteiger partial charge in [0, 0.05) is 38.1 Å². The first-order valence-electron chi connectivity index (χ1n) is 7.50. The smallest absolute Gasteiger partial charge is 0.159 e. The molecule has 1 rings (SSSR count). The van der Waals surface area contributed by atoms with Gasteiger partial charge in [0.05, 0.1) is 0 Å². The lowest BCUT2D eigenvalue weighted by atomic mass is 9.94. The highest BCUT2D eigenvalue weighted by molar-refractivity contribution is 4.84. The molecule has 5 nitrogen and oxygen atoms in total. The summed E-state index contributed by atoms with van der Waals surface area (Å²) in [6.45, 7) is 6.61. The molecule has 1 saturated heterocycles. The zero-order valence-corrected chi connectivity index (χ0v) is 12.2. The molecule has 0 aromatic rings. The van der Waals surface area contributed by atoms with Crippen LogP contribution in [0.3, 0.4) is 0 Å². The number of hydrogen-bond acceptors (Lipinski definition) is 5. The summed E-state index contributed by atoms with van der Waals surface area (Å²) >= 11 is 0. The molecule has 0 aromatic carbocycles. The van der Waals surface area contributed by atoms with Crippen LogP contribution in [0.1, 0.15) is 39.5 Å². The summed E-state index contributed by atoms with van der Waals surface area (Å²) in [5, 5.41) is 23.3. The lowest BCUT2D eigenvalue weighted by Gasteiger charge is -2.27. The summed E-state index contributed by atoms with van der Waals surface area (Å²) < 4.78 is 10.8. The van der Waals surface area contributed by atoms with Gasteiger partial charge >= 0.3 is 0 Å². The van der Waals surface area contributed by atoms with Crippen molar-refractivity contribution >= 4 is 0 Å². The maximum Gasteiger partial charge on any atom is 0.159 e. The average Bonchev–Trinajstić information content (AvgIpc) is 2.88. The van der Waals surface area contributed by atoms with Crippen molar-refractivity contribution in [1.82, 2.24) is 5.32 Å². The van der Waals surface area contributed by atoms with Crippen LogP contribution in [0, 0.1) is 11.8 Å². The molecule has 19 heavy (non-hydrogen) atoms. The minimum absolute atomic E-state index is 0.103. The molecule has 1 fully saturated rings. The highest BCUT2D eigenvalue weighted by atomic mass is 16.6. The lowest BCUT2D eigenvalue weighted by molar-refractivity contribution is -0.186. The van der Waals surface area contributed by atoms with Crippen molar-refractivity contribution in [2.24, 2.45) is 11.8 Å². The molecule has 0 bridgehead atoms. The van der Waals surface area contributed by atoms with Crippen LogP contribution < -0.4 is 5.32 Å². The van der Waals surface area contributed by atoms with Crippen molar-refractivity contribution in [3.8, 4) is 0 Å². The standard InChI is InChI=1S/C14H29NO4/c1-3-5-7-18-13(16)11-9-15-10-12(11)14(17)19-8-6-4-2/h11-17H,3-10H2,1-2H3/t11-,12+,13?,14?. The number of unbranched alkanes of at least 4 members (excludes halogenated alkanes) is 2. The van der Waals surface area contributed by atoms with E-state index in [4.69, 9.17) is 9.47 Å². The van der Waals surface area contributed by atoms with E-state index in [1.807, 2.05) is 0 Å². The van der Waals surface area contributed by atoms with E-state index in [2.05, 4.69) is 19.2 Å². The van der Waals surface area contributed by atoms with E-state index in [-0.39, 0.29) is 11.8 Å². The number of ether oxygens (including phenoxy) is 2. The van der Waals surface area contributed by atoms with Gasteiger partial charge in [0.25, 0.3) is 0 Å². The third-order valence-corrected chi connectivity index (χ3v) is 3.62. The SMILES string of the molecule is CCCCOC(O)[C@H]1CNC[C@H]1C(O)OCCCC. The van der Waals surface area contributed by atoms with Gasteiger partial charge in [-0.2, -0.15) is 0 Å². The summed E-state index contributed by atoms with van der Waals surface area (Å²) in [5.74, 6) is -0.207. The highest BCUT2D eigenvalue weighted by Crippen LogP contribution is 2.25. The molecular weight excluding hydrogens is 246 g/mol. The van der Waals surface area contributed by atoms with Gasteiger partial charge in [0.15, 0.2) is 12.6 Å². The normalized spacial score (nSPS) is 26.5. The molecular formula is C14H29NO4. The molecule has 0 saturated carbocycles. The van der Waals surface area contributed by atoms with Crippen molar-refractivity contribution < 1.29 is 19.7 Å². The van der Waals surface area contributed by atoms with Gasteiger partial charge in [-0.25, -0.2) is 0 Å². The minimum atomic E-state index is -0.823. The summed E-state index contributed by atoms with van der Waals surface area (Å²) in [5.41, 5.74) is 0. The fraction of sp³-hybridized carbons (Fsp3) is 1.00. The summed E-state index contributed by atoms with van der Waals surface area (Å²) in [4.78, 5) is 0. The van der Waals surface area contributed by atoms with Gasteiger partial charge in [-0.1, -0.05) is 26.7 Å². The Morgan fingerprint density at radius 1 is 0.947 bits per heavy atom. The third kappa shape index (κ3) is 5.75. The molecule has 1 heterocycles. The Morgan fingerprint density at radius 3 is 1.74 bits per heavy atom. The van der Waals surface area contributed by atoms with E-state index in [0.29, 0.717) is 26.3 Å². The van der Waals surface area contributed by atoms with E-state index < -0.39 is 12.6 Å². The van der Waals surface area contributed by atoms with Gasteiger partial charge in [-0.15, -0.1) is 0 Å². The predicted octanol–water partition coefficient (Wildman–Crippen LogP) is 1.09. The Bertz CT molecular complexity index is 205. The molecule has 1 aliphatic heterocycles. The van der Waals surface area contributed by atoms with E-state index in [0.717, 1.165) is 25.7 Å². The Labute approximate surface area is 116 Å². The first kappa shape index (κ1) is 16.9. The topological polar surface area (TPSA) is 71.0 Å². The van der Waals surface area contributed by atoms with Crippen LogP contribution in [0.5, 0.6) is 0 Å². The van der Waals surface area contributed by atoms with E-state index in [1.165, 1.54) is 0 Å². The van der Waals surface area contributed by atoms with Crippen molar-refractivity contribution in [3.63, 3.8) is 0 Å². The Balaban J connectivity index is 2.34. The molecule has 0 amide bonds. The molecule has 0 radical (unpaired) electrons. The van der Waals surface area contributed by atoms with Crippen molar-refractivity contribution in [1.29, 1.82) is 0 Å². The van der Waals surface area contributed by atoms with E-state index in [1.54, 1.807) is 0 Å². The van der Waals surface area contributed by atoms with E-state index in [9.17, 15) is 10.2 Å². The summed E-state index contributed by atoms with van der Waals surface area (Å²) in [6.07, 6.45) is 2.32. The number of aliphatic hydroxyl groups excluding tert-OH is 2. The molecule has 5 heteroatoms. The molecule has 4 atom stereocenters. The number of aliphatic hydroxyl groups is 2. The fourth-order valence-corrected chi connectivity index (χ4v) is 2.29. The molecule has 3 N–H and O–H groups in total. The lowest BCUT2D eigenvalue weighted by Crippen LogP contribution is -2.37. The Hall–Kier alpha value is -0.200. The zero-order chi connectivity index (χ0) is 14.1. The first-order chi connectivity index (χ1) is 9.20. The molecule has 1 aliphatic rings. The second-order valence-corrected chi connectivity index (χ2v) is 5.22. The summed E-state index contributed by atoms with van der Waals surface area (Å²) in [7, 11) is 0. The van der Waals surface area contributed by atoms with Gasteiger partial charge in [-0.3, -0.25) is 0 Å². The predicted molar refractivity (Wildman–Crippen MR) is 73.6 cm³/mol. The summed E-state index contributed by atoms with van der Waals surface area (Å²) in [6, 6.07) is 0. The number of hydrogen-bond donors (Lipinski definition) is 3. The van der Waals surface area contributed by atoms with Crippen molar-refractivity contribution in [3.05, 3.63) is 0 Å². The minimum Gasteiger partial charge on any atom is -0.368 e. The van der Waals surface area contributed by atoms with Gasteiger partial charge in [0.1, 0.15) is 0 Å². The van der Waals surface area contributed by atoms with Gasteiger partial charge in [0.2, 0.25) is 0 Å². The van der Waals surface area contributed by atoms with Crippen molar-refractivity contribution in [2.75, 3.05) is 26.3 Å². The Morgan fingerprint density at radius 2 is 1.37 bits per heavy atom. The van der Waals surface area contributed by atoms with Crippen LogP contribution in [0.15, 0.2) is 0 Å². The van der Waals surface area contributed by atoms with Crippen LogP contribution in [0.4, 0.5) is 0 Å². The van der Waals surface area contributed by atoms with Gasteiger partial charge in [-0.05, 0) is 12.8 Å². The first-order valence-corrected chi connectivity index (χ1v) is 7.50. The maximum absolute atomic E-state index is 10.0. The molecule has 0 aliphatic carbocycles. The quantitative estimate of drug-likeness (QED) is 0.411. The van der Waals surface area contributed by atoms with Crippen LogP contribution in [0.25, 0.3) is 0 Å². The molecule has 2 unspecified atom stereocenters. The third-order valence-electron chi connectivity index (χ3n) is 3.62. The largest absolute Gasteiger partial charge is 0.368 e. The fourth-order valence-electron chi connectivity index (χ4n) is 2.29. The second-order valence-electron chi connectivity index (χ2n) is 5.22. The Kier molecular flexibility index (Phi) is 8.57. The number of nitrogens with one attached hydrogen (secondary N) is 1. The highest BCUT2D eigenvalue weighted by Gasteiger charge is 2.38. The molecule has 0 aromatic heterocycles. The van der Waals surface area contributed by atoms with Crippen LogP contribution in [-0.4, -0.2) is 49.1 Å². The van der Waals surface area contributed by atoms with Gasteiger partial charge < -0.3 is 25.0 Å². The monoisotopic (exact) mass is 275 g/mol. The van der Waals surface area contributed by atoms with Crippen LogP contribution >= 0.6 is 0 Å². The van der Waals surface area contributed by atoms with Crippen LogP contribution in [-0.2, 0) is 9.47 Å². The molecule has 114 valence electrons. The number of rotatable bonds is 10. The maximum atomic E-state index is 10.0.